The Kier molecular flexibility index (Phi) is 2.55. The van der Waals surface area contributed by atoms with Crippen molar-refractivity contribution in [3.63, 3.8) is 0 Å². The minimum absolute atomic E-state index is 0.875. The number of hydrogen-bond donors (Lipinski definition) is 1. The molecule has 0 radical (unpaired) electrons. The van der Waals surface area contributed by atoms with Crippen molar-refractivity contribution in [3.8, 4) is 0 Å². The fourth-order valence-corrected chi connectivity index (χ4v) is 2.20. The third-order valence-electron chi connectivity index (χ3n) is 2.29. The number of aryl methyl sites for hydroxylation is 1. The Morgan fingerprint density at radius 2 is 2.14 bits per heavy atom. The van der Waals surface area contributed by atoms with Crippen LogP contribution in [0, 0.1) is 6.92 Å². The van der Waals surface area contributed by atoms with E-state index < -0.39 is 0 Å². The summed E-state index contributed by atoms with van der Waals surface area (Å²) in [4.78, 5) is 1.40. The van der Waals surface area contributed by atoms with Gasteiger partial charge in [-0.05, 0) is 35.6 Å². The number of thiophene rings is 1. The van der Waals surface area contributed by atoms with Gasteiger partial charge >= 0.3 is 0 Å². The van der Waals surface area contributed by atoms with Crippen LogP contribution in [-0.2, 0) is 6.42 Å². The molecule has 72 valence electrons. The van der Waals surface area contributed by atoms with Crippen LogP contribution in [0.5, 0.6) is 0 Å². The Bertz CT molecular complexity index is 418. The topological polar surface area (TPSA) is 26.0 Å². The second-order valence-electron chi connectivity index (χ2n) is 3.45. The van der Waals surface area contributed by atoms with Gasteiger partial charge in [0.05, 0.1) is 0 Å². The monoisotopic (exact) mass is 203 g/mol. The zero-order chi connectivity index (χ0) is 9.97. The Labute approximate surface area is 88.2 Å². The molecule has 14 heavy (non-hydrogen) atoms. The molecule has 2 N–H and O–H groups in total. The molecule has 1 heterocycles. The van der Waals surface area contributed by atoms with E-state index in [1.54, 1.807) is 11.3 Å². The molecule has 0 atom stereocenters. The molecule has 1 nitrogen and oxygen atoms in total. The first-order valence-corrected chi connectivity index (χ1v) is 5.51. The van der Waals surface area contributed by atoms with Crippen LogP contribution >= 0.6 is 11.3 Å². The minimum atomic E-state index is 0.875. The van der Waals surface area contributed by atoms with Crippen molar-refractivity contribution in [3.05, 3.63) is 51.7 Å². The van der Waals surface area contributed by atoms with E-state index >= 15 is 0 Å². The standard InChI is InChI=1S/C12H13NS/c1-9-7-10(4-5-12(9)13)8-11-3-2-6-14-11/h2-7H,8,13H2,1H3. The van der Waals surface area contributed by atoms with E-state index in [1.165, 1.54) is 16.0 Å². The first kappa shape index (κ1) is 9.28. The van der Waals surface area contributed by atoms with Gasteiger partial charge in [0, 0.05) is 17.0 Å². The van der Waals surface area contributed by atoms with E-state index in [0.29, 0.717) is 0 Å². The number of hydrogen-bond acceptors (Lipinski definition) is 2. The molecule has 0 aliphatic carbocycles. The van der Waals surface area contributed by atoms with Crippen molar-refractivity contribution in [1.29, 1.82) is 0 Å². The summed E-state index contributed by atoms with van der Waals surface area (Å²) in [6.07, 6.45) is 1.01. The van der Waals surface area contributed by atoms with Gasteiger partial charge in [0.2, 0.25) is 0 Å². The van der Waals surface area contributed by atoms with E-state index in [9.17, 15) is 0 Å². The first-order chi connectivity index (χ1) is 6.75. The fourth-order valence-electron chi connectivity index (χ4n) is 1.46. The highest BCUT2D eigenvalue weighted by atomic mass is 32.1. The normalized spacial score (nSPS) is 10.4. The van der Waals surface area contributed by atoms with Crippen molar-refractivity contribution in [1.82, 2.24) is 0 Å². The Balaban J connectivity index is 2.22. The fraction of sp³-hybridized carbons (Fsp3) is 0.167. The summed E-state index contributed by atoms with van der Waals surface area (Å²) in [7, 11) is 0. The summed E-state index contributed by atoms with van der Waals surface area (Å²) in [5.74, 6) is 0. The van der Waals surface area contributed by atoms with Gasteiger partial charge in [-0.1, -0.05) is 18.2 Å². The predicted octanol–water partition coefficient (Wildman–Crippen LogP) is 3.23. The average Bonchev–Trinajstić information content (AvgIpc) is 2.64. The highest BCUT2D eigenvalue weighted by molar-refractivity contribution is 7.09. The summed E-state index contributed by atoms with van der Waals surface area (Å²) in [5, 5.41) is 2.11. The molecule has 0 amide bonds. The van der Waals surface area contributed by atoms with E-state index in [4.69, 9.17) is 5.73 Å². The zero-order valence-electron chi connectivity index (χ0n) is 8.16. The molecule has 1 aromatic carbocycles. The third kappa shape index (κ3) is 1.96. The zero-order valence-corrected chi connectivity index (χ0v) is 8.97. The Hall–Kier alpha value is -1.28. The molecule has 0 spiro atoms. The maximum Gasteiger partial charge on any atom is 0.0343 e. The highest BCUT2D eigenvalue weighted by Crippen LogP contribution is 2.18. The van der Waals surface area contributed by atoms with Gasteiger partial charge in [0.15, 0.2) is 0 Å². The van der Waals surface area contributed by atoms with Gasteiger partial charge < -0.3 is 5.73 Å². The molecule has 0 saturated carbocycles. The van der Waals surface area contributed by atoms with Crippen molar-refractivity contribution in [2.75, 3.05) is 5.73 Å². The number of anilines is 1. The van der Waals surface area contributed by atoms with E-state index in [1.807, 2.05) is 13.0 Å². The summed E-state index contributed by atoms with van der Waals surface area (Å²) >= 11 is 1.80. The molecule has 2 heteroatoms. The summed E-state index contributed by atoms with van der Waals surface area (Å²) < 4.78 is 0. The number of nitrogen functional groups attached to an aromatic ring is 1. The lowest BCUT2D eigenvalue weighted by molar-refractivity contribution is 1.23. The van der Waals surface area contributed by atoms with E-state index in [-0.39, 0.29) is 0 Å². The van der Waals surface area contributed by atoms with E-state index in [2.05, 4.69) is 29.6 Å². The van der Waals surface area contributed by atoms with Crippen molar-refractivity contribution in [2.24, 2.45) is 0 Å². The van der Waals surface area contributed by atoms with Crippen LogP contribution in [0.15, 0.2) is 35.7 Å². The third-order valence-corrected chi connectivity index (χ3v) is 3.17. The molecular weight excluding hydrogens is 190 g/mol. The van der Waals surface area contributed by atoms with E-state index in [0.717, 1.165) is 12.1 Å². The first-order valence-electron chi connectivity index (χ1n) is 4.63. The lowest BCUT2D eigenvalue weighted by Gasteiger charge is -2.03. The molecular formula is C12H13NS. The Morgan fingerprint density at radius 3 is 2.79 bits per heavy atom. The number of rotatable bonds is 2. The second-order valence-corrected chi connectivity index (χ2v) is 4.48. The largest absolute Gasteiger partial charge is 0.399 e. The molecule has 2 aromatic rings. The SMILES string of the molecule is Cc1cc(Cc2cccs2)ccc1N. The average molecular weight is 203 g/mol. The minimum Gasteiger partial charge on any atom is -0.399 e. The van der Waals surface area contributed by atoms with Crippen LogP contribution in [0.25, 0.3) is 0 Å². The molecule has 0 aliphatic rings. The quantitative estimate of drug-likeness (QED) is 0.745. The molecule has 0 saturated heterocycles. The molecule has 0 fully saturated rings. The summed E-state index contributed by atoms with van der Waals surface area (Å²) in [6, 6.07) is 10.5. The molecule has 1 aromatic heterocycles. The van der Waals surface area contributed by atoms with Gasteiger partial charge in [-0.15, -0.1) is 11.3 Å². The van der Waals surface area contributed by atoms with Gasteiger partial charge in [-0.25, -0.2) is 0 Å². The number of benzene rings is 1. The number of nitrogens with two attached hydrogens (primary N) is 1. The van der Waals surface area contributed by atoms with Crippen molar-refractivity contribution in [2.45, 2.75) is 13.3 Å². The van der Waals surface area contributed by atoms with Crippen LogP contribution in [0.1, 0.15) is 16.0 Å². The van der Waals surface area contributed by atoms with Crippen LogP contribution < -0.4 is 5.73 Å². The lowest BCUT2D eigenvalue weighted by atomic mass is 10.1. The maximum atomic E-state index is 5.76. The lowest BCUT2D eigenvalue weighted by Crippen LogP contribution is -1.92. The molecule has 0 bridgehead atoms. The van der Waals surface area contributed by atoms with Crippen LogP contribution in [0.4, 0.5) is 5.69 Å². The van der Waals surface area contributed by atoms with Gasteiger partial charge in [-0.3, -0.25) is 0 Å². The van der Waals surface area contributed by atoms with Crippen LogP contribution in [-0.4, -0.2) is 0 Å². The van der Waals surface area contributed by atoms with Crippen LogP contribution in [0.3, 0.4) is 0 Å². The predicted molar refractivity (Wildman–Crippen MR) is 62.7 cm³/mol. The van der Waals surface area contributed by atoms with Crippen molar-refractivity contribution < 1.29 is 0 Å². The Morgan fingerprint density at radius 1 is 1.29 bits per heavy atom. The molecule has 0 unspecified atom stereocenters. The molecule has 2 rings (SSSR count). The summed E-state index contributed by atoms with van der Waals surface area (Å²) in [6.45, 7) is 2.05. The smallest absolute Gasteiger partial charge is 0.0343 e. The van der Waals surface area contributed by atoms with Gasteiger partial charge in [0.25, 0.3) is 0 Å². The summed E-state index contributed by atoms with van der Waals surface area (Å²) in [5.41, 5.74) is 9.14. The maximum absolute atomic E-state index is 5.76. The van der Waals surface area contributed by atoms with Crippen LogP contribution in [0.2, 0.25) is 0 Å². The van der Waals surface area contributed by atoms with Gasteiger partial charge in [0.1, 0.15) is 0 Å². The second kappa shape index (κ2) is 3.84. The highest BCUT2D eigenvalue weighted by Gasteiger charge is 1.99. The van der Waals surface area contributed by atoms with Gasteiger partial charge in [-0.2, -0.15) is 0 Å². The molecule has 0 aliphatic heterocycles. The van der Waals surface area contributed by atoms with Crippen molar-refractivity contribution >= 4 is 17.0 Å².